The van der Waals surface area contributed by atoms with E-state index in [4.69, 9.17) is 11.6 Å². The molecule has 24 heavy (non-hydrogen) atoms. The lowest BCUT2D eigenvalue weighted by Crippen LogP contribution is -2.28. The highest BCUT2D eigenvalue weighted by Gasteiger charge is 2.10. The van der Waals surface area contributed by atoms with Crippen LogP contribution in [0.25, 0.3) is 10.2 Å². The van der Waals surface area contributed by atoms with Gasteiger partial charge in [0.15, 0.2) is 4.34 Å². The van der Waals surface area contributed by atoms with Gasteiger partial charge in [0.2, 0.25) is 5.91 Å². The van der Waals surface area contributed by atoms with Gasteiger partial charge in [0.05, 0.1) is 16.0 Å². The predicted molar refractivity (Wildman–Crippen MR) is 103 cm³/mol. The summed E-state index contributed by atoms with van der Waals surface area (Å²) in [6.45, 7) is 2.75. The third kappa shape index (κ3) is 4.50. The van der Waals surface area contributed by atoms with Gasteiger partial charge in [-0.2, -0.15) is 0 Å². The molecule has 0 unspecified atom stereocenters. The number of aromatic nitrogens is 1. The lowest BCUT2D eigenvalue weighted by atomic mass is 10.0. The molecule has 0 fully saturated rings. The second kappa shape index (κ2) is 8.01. The van der Waals surface area contributed by atoms with Crippen molar-refractivity contribution in [2.45, 2.75) is 17.2 Å². The zero-order valence-electron chi connectivity index (χ0n) is 13.2. The molecule has 3 aromatic rings. The van der Waals surface area contributed by atoms with Crippen molar-refractivity contribution in [1.29, 1.82) is 0 Å². The Bertz CT molecular complexity index is 835. The fourth-order valence-electron chi connectivity index (χ4n) is 2.29. The quantitative estimate of drug-likeness (QED) is 0.618. The van der Waals surface area contributed by atoms with Crippen molar-refractivity contribution in [2.24, 2.45) is 0 Å². The van der Waals surface area contributed by atoms with Crippen LogP contribution < -0.4 is 5.32 Å². The number of thiazole rings is 1. The van der Waals surface area contributed by atoms with Gasteiger partial charge < -0.3 is 5.32 Å². The van der Waals surface area contributed by atoms with Crippen molar-refractivity contribution < 1.29 is 4.79 Å². The zero-order chi connectivity index (χ0) is 16.9. The van der Waals surface area contributed by atoms with E-state index in [9.17, 15) is 4.79 Å². The Hall–Kier alpha value is -1.56. The van der Waals surface area contributed by atoms with Crippen LogP contribution >= 0.6 is 34.7 Å². The molecule has 3 rings (SSSR count). The number of hydrogen-bond acceptors (Lipinski definition) is 4. The average Bonchev–Trinajstić information content (AvgIpc) is 3.00. The fraction of sp³-hybridized carbons (Fsp3) is 0.222. The Morgan fingerprint density at radius 2 is 2.08 bits per heavy atom. The maximum absolute atomic E-state index is 12.0. The number of nitrogens with one attached hydrogen (secondary N) is 1. The van der Waals surface area contributed by atoms with Gasteiger partial charge in [0.1, 0.15) is 0 Å². The van der Waals surface area contributed by atoms with Crippen LogP contribution in [0.1, 0.15) is 18.4 Å². The molecule has 0 radical (unpaired) electrons. The van der Waals surface area contributed by atoms with E-state index in [0.29, 0.717) is 23.2 Å². The maximum Gasteiger partial charge on any atom is 0.230 e. The monoisotopic (exact) mass is 376 g/mol. The standard InChI is InChI=1S/C18H17ClN2OS2/c1-12(13-5-3-2-4-6-13)10-20-17(22)11-23-18-21-15-9-14(19)7-8-16(15)24-18/h2-9,12H,10-11H2,1H3,(H,20,22)/t12-/m1/s1. The van der Waals surface area contributed by atoms with E-state index in [2.05, 4.69) is 29.4 Å². The highest BCUT2D eigenvalue weighted by Crippen LogP contribution is 2.30. The third-order valence-electron chi connectivity index (χ3n) is 3.63. The van der Waals surface area contributed by atoms with Gasteiger partial charge in [-0.05, 0) is 29.7 Å². The van der Waals surface area contributed by atoms with Crippen LogP contribution in [-0.4, -0.2) is 23.2 Å². The van der Waals surface area contributed by atoms with Crippen molar-refractivity contribution >= 4 is 50.8 Å². The Balaban J connectivity index is 1.49. The van der Waals surface area contributed by atoms with Crippen LogP contribution in [0.15, 0.2) is 52.9 Å². The first kappa shape index (κ1) is 17.3. The number of halogens is 1. The van der Waals surface area contributed by atoms with Crippen LogP contribution in [0.4, 0.5) is 0 Å². The molecule has 124 valence electrons. The van der Waals surface area contributed by atoms with E-state index in [0.717, 1.165) is 14.6 Å². The molecule has 1 aromatic heterocycles. The Morgan fingerprint density at radius 3 is 2.88 bits per heavy atom. The highest BCUT2D eigenvalue weighted by atomic mass is 35.5. The van der Waals surface area contributed by atoms with Crippen molar-refractivity contribution in [3.05, 3.63) is 59.1 Å². The van der Waals surface area contributed by atoms with Gasteiger partial charge in [0, 0.05) is 11.6 Å². The van der Waals surface area contributed by atoms with Crippen LogP contribution in [-0.2, 0) is 4.79 Å². The lowest BCUT2D eigenvalue weighted by molar-refractivity contribution is -0.118. The van der Waals surface area contributed by atoms with E-state index < -0.39 is 0 Å². The van der Waals surface area contributed by atoms with Crippen molar-refractivity contribution in [2.75, 3.05) is 12.3 Å². The molecule has 0 aliphatic rings. The van der Waals surface area contributed by atoms with E-state index in [1.165, 1.54) is 17.3 Å². The van der Waals surface area contributed by atoms with Gasteiger partial charge >= 0.3 is 0 Å². The highest BCUT2D eigenvalue weighted by molar-refractivity contribution is 8.01. The van der Waals surface area contributed by atoms with Crippen LogP contribution in [0.3, 0.4) is 0 Å². The van der Waals surface area contributed by atoms with E-state index in [-0.39, 0.29) is 5.91 Å². The second-order valence-electron chi connectivity index (χ2n) is 5.50. The number of thioether (sulfide) groups is 1. The van der Waals surface area contributed by atoms with Crippen molar-refractivity contribution in [1.82, 2.24) is 10.3 Å². The normalized spacial score (nSPS) is 12.2. The molecule has 0 aliphatic heterocycles. The minimum atomic E-state index is 0.0278. The first-order chi connectivity index (χ1) is 11.6. The molecular weight excluding hydrogens is 360 g/mol. The number of fused-ring (bicyclic) bond motifs is 1. The van der Waals surface area contributed by atoms with Gasteiger partial charge in [-0.15, -0.1) is 11.3 Å². The number of nitrogens with zero attached hydrogens (tertiary/aromatic N) is 1. The number of amides is 1. The molecule has 1 heterocycles. The molecule has 1 amide bonds. The molecule has 0 aliphatic carbocycles. The Labute approximate surface area is 154 Å². The minimum absolute atomic E-state index is 0.0278. The summed E-state index contributed by atoms with van der Waals surface area (Å²) < 4.78 is 1.97. The SMILES string of the molecule is C[C@H](CNC(=O)CSc1nc2cc(Cl)ccc2s1)c1ccccc1. The molecule has 6 heteroatoms. The molecule has 2 aromatic carbocycles. The van der Waals surface area contributed by atoms with Gasteiger partial charge in [-0.25, -0.2) is 4.98 Å². The molecular formula is C18H17ClN2OS2. The summed E-state index contributed by atoms with van der Waals surface area (Å²) in [6.07, 6.45) is 0. The molecule has 1 atom stereocenters. The summed E-state index contributed by atoms with van der Waals surface area (Å²) in [5.74, 6) is 0.694. The van der Waals surface area contributed by atoms with E-state index in [1.807, 2.05) is 36.4 Å². The van der Waals surface area contributed by atoms with Crippen LogP contribution in [0.2, 0.25) is 5.02 Å². The average molecular weight is 377 g/mol. The summed E-state index contributed by atoms with van der Waals surface area (Å²) in [5.41, 5.74) is 2.11. The first-order valence-corrected chi connectivity index (χ1v) is 9.80. The van der Waals surface area contributed by atoms with E-state index >= 15 is 0 Å². The van der Waals surface area contributed by atoms with Crippen LogP contribution in [0, 0.1) is 0 Å². The molecule has 0 bridgehead atoms. The van der Waals surface area contributed by atoms with E-state index in [1.54, 1.807) is 11.3 Å². The largest absolute Gasteiger partial charge is 0.355 e. The lowest BCUT2D eigenvalue weighted by Gasteiger charge is -2.12. The number of benzene rings is 2. The summed E-state index contributed by atoms with van der Waals surface area (Å²) in [4.78, 5) is 16.6. The number of hydrogen-bond donors (Lipinski definition) is 1. The molecule has 0 spiro atoms. The summed E-state index contributed by atoms with van der Waals surface area (Å²) in [5, 5.41) is 3.67. The predicted octanol–water partition coefficient (Wildman–Crippen LogP) is 4.96. The van der Waals surface area contributed by atoms with Crippen molar-refractivity contribution in [3.63, 3.8) is 0 Å². The van der Waals surface area contributed by atoms with Crippen LogP contribution in [0.5, 0.6) is 0 Å². The van der Waals surface area contributed by atoms with Gasteiger partial charge in [0.25, 0.3) is 0 Å². The number of carbonyl (C=O) groups excluding carboxylic acids is 1. The summed E-state index contributed by atoms with van der Waals surface area (Å²) >= 11 is 9.01. The molecule has 1 N–H and O–H groups in total. The fourth-order valence-corrected chi connectivity index (χ4v) is 4.33. The first-order valence-electron chi connectivity index (χ1n) is 7.62. The van der Waals surface area contributed by atoms with Gasteiger partial charge in [-0.1, -0.05) is 60.6 Å². The molecule has 0 saturated heterocycles. The Kier molecular flexibility index (Phi) is 5.76. The summed E-state index contributed by atoms with van der Waals surface area (Å²) in [7, 11) is 0. The zero-order valence-corrected chi connectivity index (χ0v) is 15.5. The van der Waals surface area contributed by atoms with Gasteiger partial charge in [-0.3, -0.25) is 4.79 Å². The topological polar surface area (TPSA) is 42.0 Å². The minimum Gasteiger partial charge on any atom is -0.355 e. The smallest absolute Gasteiger partial charge is 0.230 e. The van der Waals surface area contributed by atoms with Crippen molar-refractivity contribution in [3.8, 4) is 0 Å². The molecule has 3 nitrogen and oxygen atoms in total. The third-order valence-corrected chi connectivity index (χ3v) is 6.05. The molecule has 0 saturated carbocycles. The Morgan fingerprint density at radius 1 is 1.29 bits per heavy atom. The second-order valence-corrected chi connectivity index (χ2v) is 8.19. The number of carbonyl (C=O) groups is 1. The summed E-state index contributed by atoms with van der Waals surface area (Å²) in [6, 6.07) is 15.9. The maximum atomic E-state index is 12.0. The number of rotatable bonds is 6.